The van der Waals surface area contributed by atoms with E-state index in [1.54, 1.807) is 12.3 Å². The minimum atomic E-state index is -0.390. The Labute approximate surface area is 111 Å². The van der Waals surface area contributed by atoms with Crippen LogP contribution < -0.4 is 5.73 Å². The summed E-state index contributed by atoms with van der Waals surface area (Å²) in [6, 6.07) is 4.85. The van der Waals surface area contributed by atoms with Gasteiger partial charge in [0.2, 0.25) is 0 Å². The summed E-state index contributed by atoms with van der Waals surface area (Å²) in [6.07, 6.45) is 6.10. The fourth-order valence-electron chi connectivity index (χ4n) is 2.49. The van der Waals surface area contributed by atoms with Crippen molar-refractivity contribution < 1.29 is 4.39 Å². The first-order valence-electron chi connectivity index (χ1n) is 6.54. The first-order chi connectivity index (χ1) is 9.24. The van der Waals surface area contributed by atoms with Crippen molar-refractivity contribution in [1.29, 1.82) is 0 Å². The Hall–Kier alpha value is -1.88. The molecule has 0 atom stereocenters. The molecule has 1 aliphatic rings. The molecule has 2 N–H and O–H groups in total. The molecule has 1 aliphatic heterocycles. The highest BCUT2D eigenvalue weighted by atomic mass is 19.1. The van der Waals surface area contributed by atoms with E-state index in [1.165, 1.54) is 18.9 Å². The highest BCUT2D eigenvalue weighted by Gasteiger charge is 2.15. The van der Waals surface area contributed by atoms with E-state index in [9.17, 15) is 4.39 Å². The summed E-state index contributed by atoms with van der Waals surface area (Å²) in [5.74, 6) is 0.546. The Morgan fingerprint density at radius 2 is 2.05 bits per heavy atom. The van der Waals surface area contributed by atoms with Crippen LogP contribution in [0.1, 0.15) is 18.7 Å². The zero-order valence-electron chi connectivity index (χ0n) is 10.7. The summed E-state index contributed by atoms with van der Waals surface area (Å²) in [6.45, 7) is 3.03. The maximum atomic E-state index is 13.5. The lowest BCUT2D eigenvalue weighted by Gasteiger charge is -2.15. The van der Waals surface area contributed by atoms with Gasteiger partial charge in [-0.05, 0) is 38.1 Å². The van der Waals surface area contributed by atoms with E-state index < -0.39 is 5.82 Å². The number of imidazole rings is 1. The molecule has 0 aliphatic carbocycles. The molecule has 5 heteroatoms. The van der Waals surface area contributed by atoms with Crippen molar-refractivity contribution >= 4 is 5.69 Å². The molecule has 0 bridgehead atoms. The van der Waals surface area contributed by atoms with Gasteiger partial charge in [-0.1, -0.05) is 0 Å². The minimum Gasteiger partial charge on any atom is -0.396 e. The van der Waals surface area contributed by atoms with Crippen LogP contribution in [0.4, 0.5) is 10.1 Å². The Balaban J connectivity index is 1.87. The minimum absolute atomic E-state index is 0.171. The molecule has 0 radical (unpaired) electrons. The largest absolute Gasteiger partial charge is 0.396 e. The van der Waals surface area contributed by atoms with Crippen LogP contribution in [0.3, 0.4) is 0 Å². The second-order valence-corrected chi connectivity index (χ2v) is 4.90. The van der Waals surface area contributed by atoms with Crippen LogP contribution in [0.2, 0.25) is 0 Å². The summed E-state index contributed by atoms with van der Waals surface area (Å²) in [5, 5.41) is 0. The van der Waals surface area contributed by atoms with Gasteiger partial charge in [-0.15, -0.1) is 0 Å². The monoisotopic (exact) mass is 260 g/mol. The Morgan fingerprint density at radius 1 is 1.26 bits per heavy atom. The number of nitrogens with two attached hydrogens (primary N) is 1. The summed E-state index contributed by atoms with van der Waals surface area (Å²) >= 11 is 0. The van der Waals surface area contributed by atoms with Crippen molar-refractivity contribution in [3.05, 3.63) is 42.2 Å². The second kappa shape index (κ2) is 5.01. The SMILES string of the molecule is Nc1ccc(-n2ccnc2CN2CCCC2)cc1F. The molecule has 1 fully saturated rings. The second-order valence-electron chi connectivity index (χ2n) is 4.90. The van der Waals surface area contributed by atoms with E-state index >= 15 is 0 Å². The molecule has 2 heterocycles. The number of halogens is 1. The van der Waals surface area contributed by atoms with Gasteiger partial charge in [0.1, 0.15) is 11.6 Å². The van der Waals surface area contributed by atoms with Crippen LogP contribution in [-0.2, 0) is 6.54 Å². The average Bonchev–Trinajstić information content (AvgIpc) is 3.05. The number of hydrogen-bond donors (Lipinski definition) is 1. The third-order valence-corrected chi connectivity index (χ3v) is 3.54. The number of rotatable bonds is 3. The predicted molar refractivity (Wildman–Crippen MR) is 72.4 cm³/mol. The standard InChI is InChI=1S/C14H17FN4/c15-12-9-11(3-4-13(12)16)19-8-5-17-14(19)10-18-6-1-2-7-18/h3-5,8-9H,1-2,6-7,10,16H2. The first kappa shape index (κ1) is 12.2. The van der Waals surface area contributed by atoms with Gasteiger partial charge in [-0.25, -0.2) is 9.37 Å². The van der Waals surface area contributed by atoms with E-state index in [2.05, 4.69) is 9.88 Å². The Morgan fingerprint density at radius 3 is 2.79 bits per heavy atom. The van der Waals surface area contributed by atoms with Crippen molar-refractivity contribution in [3.63, 3.8) is 0 Å². The smallest absolute Gasteiger partial charge is 0.148 e. The average molecular weight is 260 g/mol. The lowest BCUT2D eigenvalue weighted by molar-refractivity contribution is 0.321. The predicted octanol–water partition coefficient (Wildman–Crippen LogP) is 2.19. The topological polar surface area (TPSA) is 47.1 Å². The maximum absolute atomic E-state index is 13.5. The third-order valence-electron chi connectivity index (χ3n) is 3.54. The van der Waals surface area contributed by atoms with Gasteiger partial charge in [0.05, 0.1) is 12.2 Å². The molecular weight excluding hydrogens is 243 g/mol. The fourth-order valence-corrected chi connectivity index (χ4v) is 2.49. The van der Waals surface area contributed by atoms with E-state index in [4.69, 9.17) is 5.73 Å². The van der Waals surface area contributed by atoms with Crippen LogP contribution in [0.25, 0.3) is 5.69 Å². The number of nitrogens with zero attached hydrogens (tertiary/aromatic N) is 3. The molecule has 0 unspecified atom stereocenters. The number of benzene rings is 1. The van der Waals surface area contributed by atoms with Crippen molar-refractivity contribution in [3.8, 4) is 5.69 Å². The van der Waals surface area contributed by atoms with Gasteiger partial charge in [0.15, 0.2) is 0 Å². The number of nitrogen functional groups attached to an aromatic ring is 1. The molecule has 0 amide bonds. The van der Waals surface area contributed by atoms with Gasteiger partial charge in [-0.2, -0.15) is 0 Å². The summed E-state index contributed by atoms with van der Waals surface area (Å²) in [7, 11) is 0. The van der Waals surface area contributed by atoms with Gasteiger partial charge in [-0.3, -0.25) is 4.90 Å². The first-order valence-corrected chi connectivity index (χ1v) is 6.54. The number of hydrogen-bond acceptors (Lipinski definition) is 3. The van der Waals surface area contributed by atoms with Gasteiger partial charge >= 0.3 is 0 Å². The Bertz CT molecular complexity index is 573. The normalized spacial score (nSPS) is 16.1. The van der Waals surface area contributed by atoms with Crippen LogP contribution in [0.5, 0.6) is 0 Å². The zero-order chi connectivity index (χ0) is 13.2. The highest BCUT2D eigenvalue weighted by Crippen LogP contribution is 2.18. The fraction of sp³-hybridized carbons (Fsp3) is 0.357. The van der Waals surface area contributed by atoms with Gasteiger partial charge < -0.3 is 10.3 Å². The molecule has 2 aromatic rings. The van der Waals surface area contributed by atoms with E-state index in [-0.39, 0.29) is 5.69 Å². The molecule has 1 aromatic heterocycles. The summed E-state index contributed by atoms with van der Waals surface area (Å²) < 4.78 is 15.5. The van der Waals surface area contributed by atoms with Crippen molar-refractivity contribution in [1.82, 2.24) is 14.5 Å². The molecule has 0 spiro atoms. The third kappa shape index (κ3) is 2.46. The van der Waals surface area contributed by atoms with Crippen LogP contribution in [-0.4, -0.2) is 27.5 Å². The van der Waals surface area contributed by atoms with E-state index in [0.717, 1.165) is 31.1 Å². The van der Waals surface area contributed by atoms with Crippen LogP contribution in [0, 0.1) is 5.82 Å². The van der Waals surface area contributed by atoms with Crippen molar-refractivity contribution in [2.45, 2.75) is 19.4 Å². The maximum Gasteiger partial charge on any atom is 0.148 e. The zero-order valence-corrected chi connectivity index (χ0v) is 10.7. The Kier molecular flexibility index (Phi) is 3.21. The van der Waals surface area contributed by atoms with Crippen LogP contribution in [0.15, 0.2) is 30.6 Å². The lowest BCUT2D eigenvalue weighted by Crippen LogP contribution is -2.20. The molecule has 0 saturated carbocycles. The van der Waals surface area contributed by atoms with Crippen molar-refractivity contribution in [2.24, 2.45) is 0 Å². The lowest BCUT2D eigenvalue weighted by atomic mass is 10.2. The quantitative estimate of drug-likeness (QED) is 0.860. The summed E-state index contributed by atoms with van der Waals surface area (Å²) in [4.78, 5) is 6.74. The van der Waals surface area contributed by atoms with E-state index in [0.29, 0.717) is 0 Å². The number of likely N-dealkylation sites (tertiary alicyclic amines) is 1. The molecule has 1 saturated heterocycles. The molecule has 1 aromatic carbocycles. The van der Waals surface area contributed by atoms with E-state index in [1.807, 2.05) is 16.8 Å². The molecular formula is C14H17FN4. The molecule has 100 valence electrons. The highest BCUT2D eigenvalue weighted by molar-refractivity contribution is 5.47. The number of aromatic nitrogens is 2. The van der Waals surface area contributed by atoms with Gasteiger partial charge in [0, 0.05) is 24.1 Å². The molecule has 19 heavy (non-hydrogen) atoms. The van der Waals surface area contributed by atoms with Gasteiger partial charge in [0.25, 0.3) is 0 Å². The molecule has 3 rings (SSSR count). The molecule has 4 nitrogen and oxygen atoms in total. The summed E-state index contributed by atoms with van der Waals surface area (Å²) in [5.41, 5.74) is 6.44. The van der Waals surface area contributed by atoms with Crippen LogP contribution >= 0.6 is 0 Å². The van der Waals surface area contributed by atoms with Crippen molar-refractivity contribution in [2.75, 3.05) is 18.8 Å². The number of anilines is 1.